The highest BCUT2D eigenvalue weighted by Crippen LogP contribution is 2.28. The van der Waals surface area contributed by atoms with E-state index >= 15 is 0 Å². The molecule has 1 aliphatic rings. The summed E-state index contributed by atoms with van der Waals surface area (Å²) in [6, 6.07) is 5.76. The van der Waals surface area contributed by atoms with Gasteiger partial charge in [-0.25, -0.2) is 4.79 Å². The molecular weight excluding hydrogens is 296 g/mol. The molecule has 0 bridgehead atoms. The fourth-order valence-corrected chi connectivity index (χ4v) is 2.50. The lowest BCUT2D eigenvalue weighted by atomic mass is 10.0. The van der Waals surface area contributed by atoms with Crippen LogP contribution in [0.4, 0.5) is 4.79 Å². The van der Waals surface area contributed by atoms with Gasteiger partial charge in [-0.05, 0) is 38.5 Å². The third-order valence-electron chi connectivity index (χ3n) is 3.60. The summed E-state index contributed by atoms with van der Waals surface area (Å²) in [5.74, 6) is 1.46. The molecule has 0 aliphatic carbocycles. The van der Waals surface area contributed by atoms with E-state index in [0.717, 1.165) is 17.1 Å². The zero-order valence-corrected chi connectivity index (χ0v) is 14.5. The Bertz CT molecular complexity index is 532. The quantitative estimate of drug-likeness (QED) is 0.927. The van der Waals surface area contributed by atoms with Crippen molar-refractivity contribution in [1.82, 2.24) is 10.2 Å². The normalized spacial score (nSPS) is 18.5. The third kappa shape index (κ3) is 4.76. The molecule has 1 amide bonds. The Morgan fingerprint density at radius 1 is 1.17 bits per heavy atom. The van der Waals surface area contributed by atoms with Crippen molar-refractivity contribution in [2.75, 3.05) is 33.9 Å². The van der Waals surface area contributed by atoms with Gasteiger partial charge < -0.3 is 24.4 Å². The van der Waals surface area contributed by atoms with Gasteiger partial charge in [0.1, 0.15) is 17.1 Å². The van der Waals surface area contributed by atoms with E-state index in [1.807, 2.05) is 39.0 Å². The second-order valence-electron chi connectivity index (χ2n) is 6.58. The van der Waals surface area contributed by atoms with Gasteiger partial charge in [0.15, 0.2) is 0 Å². The average Bonchev–Trinajstić information content (AvgIpc) is 2.52. The molecule has 1 heterocycles. The van der Waals surface area contributed by atoms with Crippen LogP contribution in [0.5, 0.6) is 11.5 Å². The van der Waals surface area contributed by atoms with Gasteiger partial charge in [0.2, 0.25) is 0 Å². The maximum absolute atomic E-state index is 12.3. The summed E-state index contributed by atoms with van der Waals surface area (Å²) in [5, 5.41) is 3.43. The zero-order chi connectivity index (χ0) is 17.0. The highest BCUT2D eigenvalue weighted by atomic mass is 16.6. The van der Waals surface area contributed by atoms with Crippen LogP contribution < -0.4 is 14.8 Å². The number of hydrogen-bond donors (Lipinski definition) is 1. The number of amides is 1. The Hall–Kier alpha value is -1.95. The first-order valence-corrected chi connectivity index (χ1v) is 7.76. The molecule has 1 saturated heterocycles. The van der Waals surface area contributed by atoms with Gasteiger partial charge >= 0.3 is 6.09 Å². The van der Waals surface area contributed by atoms with E-state index in [-0.39, 0.29) is 12.1 Å². The van der Waals surface area contributed by atoms with E-state index < -0.39 is 5.60 Å². The van der Waals surface area contributed by atoms with Crippen molar-refractivity contribution < 1.29 is 19.0 Å². The largest absolute Gasteiger partial charge is 0.497 e. The second-order valence-corrected chi connectivity index (χ2v) is 6.58. The van der Waals surface area contributed by atoms with E-state index in [2.05, 4.69) is 5.32 Å². The van der Waals surface area contributed by atoms with Crippen molar-refractivity contribution in [2.24, 2.45) is 0 Å². The van der Waals surface area contributed by atoms with Crippen LogP contribution in [0.25, 0.3) is 0 Å². The summed E-state index contributed by atoms with van der Waals surface area (Å²) in [6.07, 6.45) is -0.279. The SMILES string of the molecule is COc1cc(OC)cc([C@H]2CN(C(=O)OC(C)(C)C)CCN2)c1. The first kappa shape index (κ1) is 17.4. The molecule has 0 radical (unpaired) electrons. The van der Waals surface area contributed by atoms with E-state index in [4.69, 9.17) is 14.2 Å². The van der Waals surface area contributed by atoms with Gasteiger partial charge in [0.25, 0.3) is 0 Å². The Morgan fingerprint density at radius 3 is 2.30 bits per heavy atom. The average molecular weight is 322 g/mol. The molecule has 23 heavy (non-hydrogen) atoms. The molecule has 1 aromatic carbocycles. The van der Waals surface area contributed by atoms with Gasteiger partial charge in [0, 0.05) is 25.7 Å². The molecule has 1 fully saturated rings. The Balaban J connectivity index is 2.13. The van der Waals surface area contributed by atoms with E-state index in [1.54, 1.807) is 19.1 Å². The predicted molar refractivity (Wildman–Crippen MR) is 88.1 cm³/mol. The van der Waals surface area contributed by atoms with Gasteiger partial charge in [-0.2, -0.15) is 0 Å². The first-order valence-electron chi connectivity index (χ1n) is 7.76. The Labute approximate surface area is 137 Å². The molecule has 1 aromatic rings. The topological polar surface area (TPSA) is 60.0 Å². The maximum atomic E-state index is 12.3. The smallest absolute Gasteiger partial charge is 0.410 e. The van der Waals surface area contributed by atoms with E-state index in [0.29, 0.717) is 19.6 Å². The van der Waals surface area contributed by atoms with Crippen LogP contribution >= 0.6 is 0 Å². The molecule has 1 aliphatic heterocycles. The van der Waals surface area contributed by atoms with E-state index in [1.165, 1.54) is 0 Å². The molecule has 6 nitrogen and oxygen atoms in total. The van der Waals surface area contributed by atoms with Crippen molar-refractivity contribution in [3.05, 3.63) is 23.8 Å². The summed E-state index contributed by atoms with van der Waals surface area (Å²) in [7, 11) is 3.25. The minimum atomic E-state index is -0.489. The lowest BCUT2D eigenvalue weighted by molar-refractivity contribution is 0.0195. The fourth-order valence-electron chi connectivity index (χ4n) is 2.50. The van der Waals surface area contributed by atoms with Crippen LogP contribution in [-0.2, 0) is 4.74 Å². The summed E-state index contributed by atoms with van der Waals surface area (Å²) in [4.78, 5) is 14.0. The molecule has 2 rings (SSSR count). The summed E-state index contributed by atoms with van der Waals surface area (Å²) >= 11 is 0. The molecule has 0 saturated carbocycles. The van der Waals surface area contributed by atoms with Crippen LogP contribution in [0.15, 0.2) is 18.2 Å². The lowest BCUT2D eigenvalue weighted by Gasteiger charge is -2.35. The number of carbonyl (C=O) groups excluding carboxylic acids is 1. The summed E-state index contributed by atoms with van der Waals surface area (Å²) in [6.45, 7) is 7.51. The van der Waals surface area contributed by atoms with Crippen LogP contribution in [0.3, 0.4) is 0 Å². The zero-order valence-electron chi connectivity index (χ0n) is 14.5. The van der Waals surface area contributed by atoms with Gasteiger partial charge in [-0.3, -0.25) is 0 Å². The first-order chi connectivity index (χ1) is 10.8. The standard InChI is InChI=1S/C17H26N2O4/c1-17(2,3)23-16(20)19-7-6-18-15(11-19)12-8-13(21-4)10-14(9-12)22-5/h8-10,15,18H,6-7,11H2,1-5H3/t15-/m1/s1. The molecule has 1 atom stereocenters. The number of hydrogen-bond acceptors (Lipinski definition) is 5. The lowest BCUT2D eigenvalue weighted by Crippen LogP contribution is -2.49. The number of carbonyl (C=O) groups is 1. The Morgan fingerprint density at radius 2 is 1.78 bits per heavy atom. The second kappa shape index (κ2) is 7.08. The fraction of sp³-hybridized carbons (Fsp3) is 0.588. The van der Waals surface area contributed by atoms with E-state index in [9.17, 15) is 4.79 Å². The van der Waals surface area contributed by atoms with Crippen molar-refractivity contribution in [2.45, 2.75) is 32.4 Å². The number of nitrogens with zero attached hydrogens (tertiary/aromatic N) is 1. The predicted octanol–water partition coefficient (Wildman–Crippen LogP) is 2.59. The minimum absolute atomic E-state index is 0.0141. The molecule has 128 valence electrons. The molecule has 0 unspecified atom stereocenters. The highest BCUT2D eigenvalue weighted by molar-refractivity contribution is 5.68. The molecule has 6 heteroatoms. The van der Waals surface area contributed by atoms with Gasteiger partial charge in [-0.15, -0.1) is 0 Å². The molecule has 0 spiro atoms. The van der Waals surface area contributed by atoms with Crippen molar-refractivity contribution >= 4 is 6.09 Å². The number of benzene rings is 1. The molecule has 1 N–H and O–H groups in total. The number of nitrogens with one attached hydrogen (secondary N) is 1. The number of rotatable bonds is 3. The number of piperazine rings is 1. The molecule has 0 aromatic heterocycles. The van der Waals surface area contributed by atoms with Gasteiger partial charge in [0.05, 0.1) is 20.3 Å². The van der Waals surface area contributed by atoms with Crippen LogP contribution in [0, 0.1) is 0 Å². The van der Waals surface area contributed by atoms with Gasteiger partial charge in [-0.1, -0.05) is 0 Å². The van der Waals surface area contributed by atoms with Crippen molar-refractivity contribution in [3.8, 4) is 11.5 Å². The summed E-state index contributed by atoms with van der Waals surface area (Å²) < 4.78 is 16.1. The highest BCUT2D eigenvalue weighted by Gasteiger charge is 2.28. The number of ether oxygens (including phenoxy) is 3. The third-order valence-corrected chi connectivity index (χ3v) is 3.60. The van der Waals surface area contributed by atoms with Crippen molar-refractivity contribution in [3.63, 3.8) is 0 Å². The van der Waals surface area contributed by atoms with Crippen LogP contribution in [-0.4, -0.2) is 50.4 Å². The van der Waals surface area contributed by atoms with Crippen molar-refractivity contribution in [1.29, 1.82) is 0 Å². The van der Waals surface area contributed by atoms with Crippen LogP contribution in [0.1, 0.15) is 32.4 Å². The van der Waals surface area contributed by atoms with Crippen LogP contribution in [0.2, 0.25) is 0 Å². The maximum Gasteiger partial charge on any atom is 0.410 e. The minimum Gasteiger partial charge on any atom is -0.497 e. The monoisotopic (exact) mass is 322 g/mol. The Kier molecular flexibility index (Phi) is 5.36. The summed E-state index contributed by atoms with van der Waals surface area (Å²) in [5.41, 5.74) is 0.533. The molecular formula is C17H26N2O4. The number of methoxy groups -OCH3 is 2.